The molecular weight excluding hydrogens is 328 g/mol. The molecule has 4 N–H and O–H groups in total. The molecule has 7 nitrogen and oxygen atoms in total. The Morgan fingerprint density at radius 3 is 2.90 bits per heavy atom. The van der Waals surface area contributed by atoms with Crippen molar-refractivity contribution in [2.45, 2.75) is 23.3 Å². The van der Waals surface area contributed by atoms with E-state index in [1.54, 1.807) is 0 Å². The second kappa shape index (κ2) is 5.79. The Bertz CT molecular complexity index is 674. The highest BCUT2D eigenvalue weighted by Crippen LogP contribution is 2.42. The molecular formula is C11H10Cl2FN3O4. The van der Waals surface area contributed by atoms with Gasteiger partial charge in [-0.2, -0.15) is 4.98 Å². The zero-order chi connectivity index (χ0) is 15.8. The molecule has 1 fully saturated rings. The molecule has 1 aromatic rings. The van der Waals surface area contributed by atoms with Crippen molar-refractivity contribution >= 4 is 29.0 Å². The molecule has 0 spiro atoms. The number of aromatic nitrogens is 2. The van der Waals surface area contributed by atoms with E-state index in [-0.39, 0.29) is 0 Å². The van der Waals surface area contributed by atoms with Gasteiger partial charge in [0.05, 0.1) is 12.8 Å². The first kappa shape index (κ1) is 16.0. The lowest BCUT2D eigenvalue weighted by Gasteiger charge is -2.25. The average Bonchev–Trinajstić information content (AvgIpc) is 2.67. The van der Waals surface area contributed by atoms with Crippen molar-refractivity contribution in [3.05, 3.63) is 22.5 Å². The van der Waals surface area contributed by atoms with Crippen LogP contribution in [0.1, 0.15) is 6.23 Å². The van der Waals surface area contributed by atoms with Crippen LogP contribution in [0.15, 0.2) is 11.0 Å². The standard InChI is InChI=1S/C11H10Cl2FN3O4/c12-2-1-11(13)7(19)6(4-18)21-9(11)17-3-5(14)8(15)16-10(17)20/h3,6-7,9,18-19H,4H2,(H2,15,16,20)/t6-,7?,9-,11?/m1/s1. The van der Waals surface area contributed by atoms with Gasteiger partial charge in [-0.1, -0.05) is 17.5 Å². The molecule has 21 heavy (non-hydrogen) atoms. The summed E-state index contributed by atoms with van der Waals surface area (Å²) in [6.45, 7) is -0.588. The van der Waals surface area contributed by atoms with Gasteiger partial charge in [0.25, 0.3) is 0 Å². The molecule has 2 rings (SSSR count). The van der Waals surface area contributed by atoms with Gasteiger partial charge >= 0.3 is 5.69 Å². The second-order valence-corrected chi connectivity index (χ2v) is 5.12. The maximum absolute atomic E-state index is 13.5. The zero-order valence-corrected chi connectivity index (χ0v) is 11.8. The Kier molecular flexibility index (Phi) is 4.41. The minimum Gasteiger partial charge on any atom is -0.394 e. The number of aliphatic hydroxyl groups excluding tert-OH is 2. The minimum absolute atomic E-state index is 0.586. The van der Waals surface area contributed by atoms with Gasteiger partial charge in [-0.25, -0.2) is 9.18 Å². The van der Waals surface area contributed by atoms with E-state index in [0.717, 1.165) is 6.20 Å². The molecule has 1 aliphatic rings. The highest BCUT2D eigenvalue weighted by molar-refractivity contribution is 6.32. The number of aliphatic hydroxyl groups is 2. The monoisotopic (exact) mass is 337 g/mol. The van der Waals surface area contributed by atoms with Gasteiger partial charge in [0.15, 0.2) is 22.7 Å². The van der Waals surface area contributed by atoms with Gasteiger partial charge in [0, 0.05) is 5.38 Å². The van der Waals surface area contributed by atoms with Crippen LogP contribution in [0.5, 0.6) is 0 Å². The predicted octanol–water partition coefficient (Wildman–Crippen LogP) is -0.607. The van der Waals surface area contributed by atoms with E-state index in [0.29, 0.717) is 4.57 Å². The van der Waals surface area contributed by atoms with Crippen molar-refractivity contribution in [3.63, 3.8) is 0 Å². The Labute approximate surface area is 128 Å². The molecule has 0 aromatic carbocycles. The van der Waals surface area contributed by atoms with Crippen LogP contribution in [-0.2, 0) is 4.74 Å². The number of nitrogens with two attached hydrogens (primary N) is 1. The number of ether oxygens (including phenoxy) is 1. The molecule has 1 aromatic heterocycles. The summed E-state index contributed by atoms with van der Waals surface area (Å²) in [4.78, 5) is 13.2. The van der Waals surface area contributed by atoms with Crippen LogP contribution in [0.3, 0.4) is 0 Å². The Hall–Kier alpha value is -1.37. The molecule has 1 saturated heterocycles. The van der Waals surface area contributed by atoms with Crippen LogP contribution in [0.25, 0.3) is 0 Å². The second-order valence-electron chi connectivity index (χ2n) is 4.31. The first-order chi connectivity index (χ1) is 9.85. The summed E-state index contributed by atoms with van der Waals surface area (Å²) in [5.41, 5.74) is 4.23. The summed E-state index contributed by atoms with van der Waals surface area (Å²) in [6, 6.07) is 0. The van der Waals surface area contributed by atoms with Crippen molar-refractivity contribution < 1.29 is 19.3 Å². The summed E-state index contributed by atoms with van der Waals surface area (Å²) in [7, 11) is 0. The topological polar surface area (TPSA) is 111 Å². The lowest BCUT2D eigenvalue weighted by molar-refractivity contribution is -0.0467. The van der Waals surface area contributed by atoms with Crippen LogP contribution < -0.4 is 11.4 Å². The Morgan fingerprint density at radius 1 is 1.67 bits per heavy atom. The lowest BCUT2D eigenvalue weighted by Crippen LogP contribution is -2.43. The summed E-state index contributed by atoms with van der Waals surface area (Å²) in [6.07, 6.45) is -3.27. The number of halogens is 3. The largest absolute Gasteiger partial charge is 0.394 e. The number of hydrogen-bond donors (Lipinski definition) is 3. The van der Waals surface area contributed by atoms with Crippen molar-refractivity contribution in [3.8, 4) is 11.3 Å². The lowest BCUT2D eigenvalue weighted by atomic mass is 9.99. The van der Waals surface area contributed by atoms with E-state index in [1.807, 2.05) is 5.38 Å². The van der Waals surface area contributed by atoms with Crippen LogP contribution in [-0.4, -0.2) is 43.5 Å². The fourth-order valence-corrected chi connectivity index (χ4v) is 2.55. The highest BCUT2D eigenvalue weighted by Gasteiger charge is 2.56. The number of rotatable bonds is 2. The van der Waals surface area contributed by atoms with E-state index >= 15 is 0 Å². The quantitative estimate of drug-likeness (QED) is 0.490. The third-order valence-corrected chi connectivity index (χ3v) is 3.65. The molecule has 114 valence electrons. The molecule has 0 amide bonds. The van der Waals surface area contributed by atoms with E-state index in [9.17, 15) is 14.3 Å². The Morgan fingerprint density at radius 2 is 2.33 bits per heavy atom. The normalized spacial score (nSPS) is 31.8. The summed E-state index contributed by atoms with van der Waals surface area (Å²) in [5.74, 6) is 0.738. The molecule has 4 atom stereocenters. The molecule has 10 heteroatoms. The summed E-state index contributed by atoms with van der Waals surface area (Å²) < 4.78 is 19.5. The summed E-state index contributed by atoms with van der Waals surface area (Å²) >= 11 is 11.5. The highest BCUT2D eigenvalue weighted by atomic mass is 35.5. The van der Waals surface area contributed by atoms with Gasteiger partial charge in [0.2, 0.25) is 0 Å². The number of nitrogen functional groups attached to an aromatic ring is 1. The fourth-order valence-electron chi connectivity index (χ4n) is 2.00. The van der Waals surface area contributed by atoms with Gasteiger partial charge in [0.1, 0.15) is 12.2 Å². The summed E-state index contributed by atoms with van der Waals surface area (Å²) in [5, 5.41) is 21.2. The van der Waals surface area contributed by atoms with Crippen LogP contribution >= 0.6 is 23.2 Å². The van der Waals surface area contributed by atoms with Gasteiger partial charge in [-0.05, 0) is 11.6 Å². The third-order valence-electron chi connectivity index (χ3n) is 3.05. The van der Waals surface area contributed by atoms with E-state index < -0.39 is 47.2 Å². The van der Waals surface area contributed by atoms with Crippen molar-refractivity contribution in [2.75, 3.05) is 12.3 Å². The maximum Gasteiger partial charge on any atom is 0.351 e. The van der Waals surface area contributed by atoms with Gasteiger partial charge in [-0.15, -0.1) is 0 Å². The molecule has 0 aliphatic carbocycles. The average molecular weight is 338 g/mol. The molecule has 1 aliphatic heterocycles. The van der Waals surface area contributed by atoms with Gasteiger partial charge < -0.3 is 20.7 Å². The van der Waals surface area contributed by atoms with Crippen molar-refractivity contribution in [1.82, 2.24) is 9.55 Å². The SMILES string of the molecule is Nc1nc(=O)n([C@@H]2O[C@H](CO)C(O)C2(Cl)C#CCl)cc1F. The first-order valence-electron chi connectivity index (χ1n) is 5.65. The predicted molar refractivity (Wildman–Crippen MR) is 72.1 cm³/mol. The number of anilines is 1. The maximum atomic E-state index is 13.5. The van der Waals surface area contributed by atoms with Crippen molar-refractivity contribution in [1.29, 1.82) is 0 Å². The van der Waals surface area contributed by atoms with Crippen LogP contribution in [0, 0.1) is 17.1 Å². The molecule has 0 radical (unpaired) electrons. The first-order valence-corrected chi connectivity index (χ1v) is 6.41. The minimum atomic E-state index is -1.86. The fraction of sp³-hybridized carbons (Fsp3) is 0.455. The van der Waals surface area contributed by atoms with Crippen molar-refractivity contribution in [2.24, 2.45) is 0 Å². The molecule has 0 bridgehead atoms. The number of alkyl halides is 1. The smallest absolute Gasteiger partial charge is 0.351 e. The molecule has 0 saturated carbocycles. The molecule has 2 unspecified atom stereocenters. The third kappa shape index (κ3) is 2.59. The zero-order valence-electron chi connectivity index (χ0n) is 10.3. The van der Waals surface area contributed by atoms with E-state index in [4.69, 9.17) is 38.8 Å². The number of hydrogen-bond acceptors (Lipinski definition) is 6. The Balaban J connectivity index is 2.58. The van der Waals surface area contributed by atoms with E-state index in [1.165, 1.54) is 0 Å². The number of nitrogens with zero attached hydrogens (tertiary/aromatic N) is 2. The molecule has 2 heterocycles. The van der Waals surface area contributed by atoms with Crippen LogP contribution in [0.4, 0.5) is 10.2 Å². The van der Waals surface area contributed by atoms with Crippen LogP contribution in [0.2, 0.25) is 0 Å². The van der Waals surface area contributed by atoms with E-state index in [2.05, 4.69) is 10.9 Å². The van der Waals surface area contributed by atoms with Gasteiger partial charge in [-0.3, -0.25) is 4.57 Å².